The van der Waals surface area contributed by atoms with Crippen molar-refractivity contribution in [3.05, 3.63) is 99.3 Å². The molecule has 7 nitrogen and oxygen atoms in total. The van der Waals surface area contributed by atoms with Crippen molar-refractivity contribution in [2.24, 2.45) is 0 Å². The Hall–Kier alpha value is -3.48. The predicted octanol–water partition coefficient (Wildman–Crippen LogP) is 4.07. The Kier molecular flexibility index (Phi) is 7.18. The van der Waals surface area contributed by atoms with Crippen molar-refractivity contribution in [2.75, 3.05) is 6.61 Å². The van der Waals surface area contributed by atoms with Crippen LogP contribution in [-0.4, -0.2) is 32.0 Å². The number of aliphatic hydroxyl groups excluding tert-OH is 3. The van der Waals surface area contributed by atoms with Gasteiger partial charge in [-0.05, 0) is 46.4 Å². The van der Waals surface area contributed by atoms with Gasteiger partial charge in [0.1, 0.15) is 5.75 Å². The second-order valence-electron chi connectivity index (χ2n) is 7.15. The predicted molar refractivity (Wildman–Crippen MR) is 117 cm³/mol. The summed E-state index contributed by atoms with van der Waals surface area (Å²) in [6.45, 7) is -0.321. The SMILES string of the molecule is O=[N+]([O-])c1ccc([C@H](O)CC(=C=CC[C@@H](O)c2ccc(O)c3ccccc23)CO)cc1. The third-order valence-electron chi connectivity index (χ3n) is 5.06. The molecule has 0 spiro atoms. The molecule has 7 heteroatoms. The Morgan fingerprint density at radius 1 is 1.00 bits per heavy atom. The first-order valence-electron chi connectivity index (χ1n) is 9.75. The minimum absolute atomic E-state index is 0.0653. The van der Waals surface area contributed by atoms with Crippen LogP contribution >= 0.6 is 0 Å². The summed E-state index contributed by atoms with van der Waals surface area (Å²) in [7, 11) is 0. The summed E-state index contributed by atoms with van der Waals surface area (Å²) >= 11 is 0. The zero-order chi connectivity index (χ0) is 22.4. The smallest absolute Gasteiger partial charge is 0.269 e. The van der Waals surface area contributed by atoms with Gasteiger partial charge in [0.25, 0.3) is 5.69 Å². The molecule has 0 fully saturated rings. The van der Waals surface area contributed by atoms with Gasteiger partial charge in [0.2, 0.25) is 0 Å². The molecule has 0 radical (unpaired) electrons. The molecule has 0 amide bonds. The highest BCUT2D eigenvalue weighted by atomic mass is 16.6. The number of phenols is 1. The highest BCUT2D eigenvalue weighted by Gasteiger charge is 2.13. The Morgan fingerprint density at radius 2 is 1.68 bits per heavy atom. The molecule has 3 aromatic carbocycles. The zero-order valence-corrected chi connectivity index (χ0v) is 16.7. The van der Waals surface area contributed by atoms with Crippen LogP contribution < -0.4 is 0 Å². The number of aromatic hydroxyl groups is 1. The molecular weight excluding hydrogens is 398 g/mol. The van der Waals surface area contributed by atoms with Gasteiger partial charge in [0.15, 0.2) is 0 Å². The van der Waals surface area contributed by atoms with Crippen LogP contribution in [-0.2, 0) is 0 Å². The van der Waals surface area contributed by atoms with Crippen LogP contribution in [0.1, 0.15) is 36.2 Å². The molecule has 0 aliphatic carbocycles. The number of benzene rings is 3. The van der Waals surface area contributed by atoms with Crippen LogP contribution in [0.4, 0.5) is 5.69 Å². The molecule has 3 rings (SSSR count). The maximum Gasteiger partial charge on any atom is 0.269 e. The molecule has 3 aromatic rings. The van der Waals surface area contributed by atoms with Gasteiger partial charge in [-0.1, -0.05) is 30.3 Å². The van der Waals surface area contributed by atoms with E-state index in [-0.39, 0.29) is 30.9 Å². The summed E-state index contributed by atoms with van der Waals surface area (Å²) in [6, 6.07) is 16.0. The lowest BCUT2D eigenvalue weighted by atomic mass is 9.97. The van der Waals surface area contributed by atoms with E-state index in [4.69, 9.17) is 0 Å². The molecule has 0 unspecified atom stereocenters. The molecule has 0 bridgehead atoms. The van der Waals surface area contributed by atoms with Crippen molar-refractivity contribution >= 4 is 16.5 Å². The number of phenolic OH excluding ortho intramolecular Hbond substituents is 1. The van der Waals surface area contributed by atoms with Crippen molar-refractivity contribution in [1.29, 1.82) is 0 Å². The van der Waals surface area contributed by atoms with Crippen LogP contribution in [0.5, 0.6) is 5.75 Å². The lowest BCUT2D eigenvalue weighted by Gasteiger charge is -2.13. The summed E-state index contributed by atoms with van der Waals surface area (Å²) in [6.07, 6.45) is 0.141. The molecule has 160 valence electrons. The number of non-ortho nitro benzene ring substituents is 1. The number of aliphatic hydroxyl groups is 3. The first-order chi connectivity index (χ1) is 14.9. The number of rotatable bonds is 8. The lowest BCUT2D eigenvalue weighted by molar-refractivity contribution is -0.384. The third kappa shape index (κ3) is 5.36. The van der Waals surface area contributed by atoms with Crippen molar-refractivity contribution in [2.45, 2.75) is 25.0 Å². The van der Waals surface area contributed by atoms with E-state index in [0.29, 0.717) is 22.1 Å². The van der Waals surface area contributed by atoms with Gasteiger partial charge >= 0.3 is 0 Å². The van der Waals surface area contributed by atoms with Gasteiger partial charge in [0, 0.05) is 30.4 Å². The van der Waals surface area contributed by atoms with Crippen LogP contribution in [0.2, 0.25) is 0 Å². The van der Waals surface area contributed by atoms with E-state index >= 15 is 0 Å². The van der Waals surface area contributed by atoms with Crippen LogP contribution in [0.15, 0.2) is 78.0 Å². The number of nitro benzene ring substituents is 1. The maximum absolute atomic E-state index is 10.7. The minimum Gasteiger partial charge on any atom is -0.507 e. The van der Waals surface area contributed by atoms with E-state index in [1.807, 2.05) is 18.2 Å². The molecule has 2 atom stereocenters. The Morgan fingerprint density at radius 3 is 2.32 bits per heavy atom. The van der Waals surface area contributed by atoms with Gasteiger partial charge in [-0.25, -0.2) is 0 Å². The fraction of sp³-hybridized carbons (Fsp3) is 0.208. The second kappa shape index (κ2) is 10.0. The number of hydrogen-bond acceptors (Lipinski definition) is 6. The van der Waals surface area contributed by atoms with Crippen molar-refractivity contribution in [3.63, 3.8) is 0 Å². The van der Waals surface area contributed by atoms with Crippen molar-refractivity contribution in [1.82, 2.24) is 0 Å². The molecule has 0 heterocycles. The maximum atomic E-state index is 10.7. The molecule has 0 aliphatic rings. The Bertz CT molecular complexity index is 1130. The highest BCUT2D eigenvalue weighted by Crippen LogP contribution is 2.32. The first kappa shape index (κ1) is 22.2. The summed E-state index contributed by atoms with van der Waals surface area (Å²) < 4.78 is 0. The van der Waals surface area contributed by atoms with Crippen LogP contribution in [0.25, 0.3) is 10.8 Å². The number of fused-ring (bicyclic) bond motifs is 1. The van der Waals surface area contributed by atoms with Crippen LogP contribution in [0, 0.1) is 10.1 Å². The molecule has 4 N–H and O–H groups in total. The minimum atomic E-state index is -0.949. The summed E-state index contributed by atoms with van der Waals surface area (Å²) in [5.41, 5.74) is 4.46. The Labute approximate surface area is 179 Å². The lowest BCUT2D eigenvalue weighted by Crippen LogP contribution is -2.02. The summed E-state index contributed by atoms with van der Waals surface area (Å²) in [5, 5.41) is 52.7. The van der Waals surface area contributed by atoms with E-state index in [9.17, 15) is 30.5 Å². The van der Waals surface area contributed by atoms with E-state index in [1.165, 1.54) is 24.3 Å². The molecule has 0 saturated heterocycles. The van der Waals surface area contributed by atoms with Crippen LogP contribution in [0.3, 0.4) is 0 Å². The first-order valence-corrected chi connectivity index (χ1v) is 9.75. The molecular formula is C24H23NO6. The third-order valence-corrected chi connectivity index (χ3v) is 5.06. The largest absolute Gasteiger partial charge is 0.507 e. The van der Waals surface area contributed by atoms with Gasteiger partial charge < -0.3 is 20.4 Å². The topological polar surface area (TPSA) is 124 Å². The fourth-order valence-electron chi connectivity index (χ4n) is 3.38. The fourth-order valence-corrected chi connectivity index (χ4v) is 3.38. The summed E-state index contributed by atoms with van der Waals surface area (Å²) in [4.78, 5) is 10.2. The molecule has 31 heavy (non-hydrogen) atoms. The second-order valence-corrected chi connectivity index (χ2v) is 7.15. The number of hydrogen-bond donors (Lipinski definition) is 4. The normalized spacial score (nSPS) is 12.7. The van der Waals surface area contributed by atoms with Gasteiger partial charge in [-0.3, -0.25) is 10.1 Å². The van der Waals surface area contributed by atoms with Crippen molar-refractivity contribution < 1.29 is 25.3 Å². The number of nitrogens with zero attached hydrogens (tertiary/aromatic N) is 1. The quantitative estimate of drug-likeness (QED) is 0.247. The highest BCUT2D eigenvalue weighted by molar-refractivity contribution is 5.91. The Balaban J connectivity index is 1.72. The van der Waals surface area contributed by atoms with Gasteiger partial charge in [-0.2, -0.15) is 0 Å². The molecule has 0 aromatic heterocycles. The zero-order valence-electron chi connectivity index (χ0n) is 16.7. The average Bonchev–Trinajstić information content (AvgIpc) is 2.78. The van der Waals surface area contributed by atoms with Crippen molar-refractivity contribution in [3.8, 4) is 5.75 Å². The van der Waals surface area contributed by atoms with Gasteiger partial charge in [-0.15, -0.1) is 5.73 Å². The average molecular weight is 421 g/mol. The molecule has 0 aliphatic heterocycles. The van der Waals surface area contributed by atoms with E-state index in [0.717, 1.165) is 5.39 Å². The number of nitro groups is 1. The van der Waals surface area contributed by atoms with E-state index in [2.05, 4.69) is 5.73 Å². The monoisotopic (exact) mass is 421 g/mol. The molecule has 0 saturated carbocycles. The van der Waals surface area contributed by atoms with E-state index < -0.39 is 17.1 Å². The van der Waals surface area contributed by atoms with Gasteiger partial charge in [0.05, 0.1) is 23.7 Å². The van der Waals surface area contributed by atoms with E-state index in [1.54, 1.807) is 24.3 Å². The summed E-state index contributed by atoms with van der Waals surface area (Å²) in [5.74, 6) is 0.143. The standard InChI is InChI=1S/C24H23NO6/c26-15-16(14-24(29)17-8-10-18(11-9-17)25(30)31)4-3-7-22(27)21-12-13-23(28)20-6-2-1-5-19(20)21/h1-3,5-6,8-13,22,24,26-29H,7,14-15H2/t4?,22-,24-/m1/s1.